The lowest BCUT2D eigenvalue weighted by atomic mass is 10.1. The molecule has 22 heavy (non-hydrogen) atoms. The van der Waals surface area contributed by atoms with Crippen LogP contribution in [0.5, 0.6) is 5.75 Å². The predicted molar refractivity (Wildman–Crippen MR) is 90.2 cm³/mol. The zero-order valence-electron chi connectivity index (χ0n) is 14.0. The summed E-state index contributed by atoms with van der Waals surface area (Å²) in [4.78, 5) is 2.39. The Hall–Kier alpha value is -2.01. The zero-order chi connectivity index (χ0) is 15.9. The van der Waals surface area contributed by atoms with Crippen molar-refractivity contribution in [3.05, 3.63) is 41.6 Å². The van der Waals surface area contributed by atoms with Crippen molar-refractivity contribution in [1.29, 1.82) is 0 Å². The SMILES string of the molecule is CCN(CC)Cc1cc(CNc2ccnn2C)ccc1OC. The van der Waals surface area contributed by atoms with Gasteiger partial charge < -0.3 is 10.1 Å². The van der Waals surface area contributed by atoms with Gasteiger partial charge in [0.1, 0.15) is 11.6 Å². The molecule has 2 rings (SSSR count). The van der Waals surface area contributed by atoms with E-state index in [0.29, 0.717) is 0 Å². The van der Waals surface area contributed by atoms with Crippen molar-refractivity contribution in [1.82, 2.24) is 14.7 Å². The normalized spacial score (nSPS) is 11.0. The van der Waals surface area contributed by atoms with Crippen LogP contribution in [0.1, 0.15) is 25.0 Å². The van der Waals surface area contributed by atoms with Crippen molar-refractivity contribution in [2.24, 2.45) is 7.05 Å². The number of nitrogens with one attached hydrogen (secondary N) is 1. The first-order valence-electron chi connectivity index (χ1n) is 7.77. The van der Waals surface area contributed by atoms with Crippen LogP contribution in [0.2, 0.25) is 0 Å². The highest BCUT2D eigenvalue weighted by atomic mass is 16.5. The van der Waals surface area contributed by atoms with Gasteiger partial charge in [-0.15, -0.1) is 0 Å². The van der Waals surface area contributed by atoms with Gasteiger partial charge in [0.25, 0.3) is 0 Å². The topological polar surface area (TPSA) is 42.3 Å². The number of hydrogen-bond acceptors (Lipinski definition) is 4. The Kier molecular flexibility index (Phi) is 5.83. The molecular weight excluding hydrogens is 276 g/mol. The summed E-state index contributed by atoms with van der Waals surface area (Å²) in [5.74, 6) is 1.97. The summed E-state index contributed by atoms with van der Waals surface area (Å²) in [5.41, 5.74) is 2.47. The van der Waals surface area contributed by atoms with E-state index in [0.717, 1.165) is 37.7 Å². The average molecular weight is 302 g/mol. The van der Waals surface area contributed by atoms with Crippen molar-refractivity contribution in [3.63, 3.8) is 0 Å². The van der Waals surface area contributed by atoms with Crippen molar-refractivity contribution in [3.8, 4) is 5.75 Å². The van der Waals surface area contributed by atoms with Crippen molar-refractivity contribution >= 4 is 5.82 Å². The fourth-order valence-corrected chi connectivity index (χ4v) is 2.49. The number of ether oxygens (including phenoxy) is 1. The van der Waals surface area contributed by atoms with Crippen LogP contribution >= 0.6 is 0 Å². The molecule has 5 heteroatoms. The maximum absolute atomic E-state index is 5.50. The maximum Gasteiger partial charge on any atom is 0.124 e. The zero-order valence-corrected chi connectivity index (χ0v) is 14.0. The smallest absolute Gasteiger partial charge is 0.124 e. The van der Waals surface area contributed by atoms with Crippen molar-refractivity contribution in [2.45, 2.75) is 26.9 Å². The third kappa shape index (κ3) is 4.01. The van der Waals surface area contributed by atoms with Gasteiger partial charge in [0.15, 0.2) is 0 Å². The number of nitrogens with zero attached hydrogens (tertiary/aromatic N) is 3. The van der Waals surface area contributed by atoms with E-state index < -0.39 is 0 Å². The second-order valence-corrected chi connectivity index (χ2v) is 5.30. The van der Waals surface area contributed by atoms with E-state index in [1.165, 1.54) is 11.1 Å². The predicted octanol–water partition coefficient (Wildman–Crippen LogP) is 2.88. The third-order valence-electron chi connectivity index (χ3n) is 3.93. The Morgan fingerprint density at radius 2 is 2.00 bits per heavy atom. The first kappa shape index (κ1) is 16.4. The first-order valence-corrected chi connectivity index (χ1v) is 7.77. The Balaban J connectivity index is 2.10. The number of methoxy groups -OCH3 is 1. The van der Waals surface area contributed by atoms with E-state index in [1.54, 1.807) is 13.3 Å². The lowest BCUT2D eigenvalue weighted by Crippen LogP contribution is -2.22. The number of aryl methyl sites for hydroxylation is 1. The van der Waals surface area contributed by atoms with Gasteiger partial charge in [-0.05, 0) is 30.8 Å². The fraction of sp³-hybridized carbons (Fsp3) is 0.471. The van der Waals surface area contributed by atoms with E-state index in [-0.39, 0.29) is 0 Å². The lowest BCUT2D eigenvalue weighted by Gasteiger charge is -2.20. The molecule has 0 radical (unpaired) electrons. The molecule has 5 nitrogen and oxygen atoms in total. The highest BCUT2D eigenvalue weighted by Gasteiger charge is 2.08. The van der Waals surface area contributed by atoms with E-state index in [1.807, 2.05) is 17.8 Å². The second kappa shape index (κ2) is 7.84. The Morgan fingerprint density at radius 3 is 2.59 bits per heavy atom. The molecule has 0 saturated carbocycles. The van der Waals surface area contributed by atoms with Gasteiger partial charge in [-0.1, -0.05) is 19.9 Å². The van der Waals surface area contributed by atoms with Gasteiger partial charge in [0.2, 0.25) is 0 Å². The van der Waals surface area contributed by atoms with E-state index >= 15 is 0 Å². The number of rotatable bonds is 8. The summed E-state index contributed by atoms with van der Waals surface area (Å²) >= 11 is 0. The second-order valence-electron chi connectivity index (χ2n) is 5.30. The molecule has 1 N–H and O–H groups in total. The monoisotopic (exact) mass is 302 g/mol. The Morgan fingerprint density at radius 1 is 1.23 bits per heavy atom. The molecule has 1 aromatic heterocycles. The van der Waals surface area contributed by atoms with Gasteiger partial charge in [0, 0.05) is 31.8 Å². The number of hydrogen-bond donors (Lipinski definition) is 1. The van der Waals surface area contributed by atoms with Crippen LogP contribution in [0.25, 0.3) is 0 Å². The third-order valence-corrected chi connectivity index (χ3v) is 3.93. The minimum Gasteiger partial charge on any atom is -0.496 e. The summed E-state index contributed by atoms with van der Waals surface area (Å²) in [6.45, 7) is 8.13. The van der Waals surface area contributed by atoms with E-state index in [4.69, 9.17) is 4.74 Å². The van der Waals surface area contributed by atoms with Crippen molar-refractivity contribution in [2.75, 3.05) is 25.5 Å². The Bertz CT molecular complexity index is 590. The molecule has 120 valence electrons. The molecule has 0 aliphatic carbocycles. The highest BCUT2D eigenvalue weighted by molar-refractivity contribution is 5.40. The minimum absolute atomic E-state index is 0.773. The largest absolute Gasteiger partial charge is 0.496 e. The van der Waals surface area contributed by atoms with Crippen molar-refractivity contribution < 1.29 is 4.74 Å². The standard InChI is InChI=1S/C17H26N4O/c1-5-21(6-2)13-15-11-14(7-8-16(15)22-4)12-18-17-9-10-19-20(17)3/h7-11,18H,5-6,12-13H2,1-4H3. The van der Waals surface area contributed by atoms with Crippen LogP contribution in [-0.4, -0.2) is 34.9 Å². The van der Waals surface area contributed by atoms with Gasteiger partial charge in [-0.2, -0.15) is 5.10 Å². The quantitative estimate of drug-likeness (QED) is 0.814. The molecular formula is C17H26N4O. The number of aromatic nitrogens is 2. The molecule has 1 heterocycles. The molecule has 0 aliphatic rings. The van der Waals surface area contributed by atoms with Gasteiger partial charge in [0.05, 0.1) is 13.3 Å². The van der Waals surface area contributed by atoms with Crippen LogP contribution in [0.3, 0.4) is 0 Å². The molecule has 0 bridgehead atoms. The summed E-state index contributed by atoms with van der Waals surface area (Å²) in [6.07, 6.45) is 1.79. The van der Waals surface area contributed by atoms with Gasteiger partial charge >= 0.3 is 0 Å². The Labute approximate surface area is 132 Å². The summed E-state index contributed by atoms with van der Waals surface area (Å²) in [6, 6.07) is 8.36. The van der Waals surface area contributed by atoms with E-state index in [9.17, 15) is 0 Å². The van der Waals surface area contributed by atoms with Crippen LogP contribution in [0.4, 0.5) is 5.82 Å². The summed E-state index contributed by atoms with van der Waals surface area (Å²) < 4.78 is 7.33. The molecule has 0 spiro atoms. The van der Waals surface area contributed by atoms with Gasteiger partial charge in [-0.25, -0.2) is 0 Å². The molecule has 0 saturated heterocycles. The van der Waals surface area contributed by atoms with Gasteiger partial charge in [-0.3, -0.25) is 9.58 Å². The molecule has 0 unspecified atom stereocenters. The molecule has 0 aliphatic heterocycles. The lowest BCUT2D eigenvalue weighted by molar-refractivity contribution is 0.289. The molecule has 0 fully saturated rings. The maximum atomic E-state index is 5.50. The molecule has 1 aromatic carbocycles. The molecule has 2 aromatic rings. The van der Waals surface area contributed by atoms with Crippen LogP contribution < -0.4 is 10.1 Å². The number of anilines is 1. The number of benzene rings is 1. The minimum atomic E-state index is 0.773. The van der Waals surface area contributed by atoms with Crippen LogP contribution in [0, 0.1) is 0 Å². The van der Waals surface area contributed by atoms with Crippen LogP contribution in [0.15, 0.2) is 30.5 Å². The average Bonchev–Trinajstić information content (AvgIpc) is 2.95. The summed E-state index contributed by atoms with van der Waals surface area (Å²) in [7, 11) is 3.66. The highest BCUT2D eigenvalue weighted by Crippen LogP contribution is 2.22. The van der Waals surface area contributed by atoms with Crippen LogP contribution in [-0.2, 0) is 20.1 Å². The molecule has 0 atom stereocenters. The first-order chi connectivity index (χ1) is 10.7. The molecule has 0 amide bonds. The van der Waals surface area contributed by atoms with E-state index in [2.05, 4.69) is 47.4 Å². The fourth-order valence-electron chi connectivity index (χ4n) is 2.49. The summed E-state index contributed by atoms with van der Waals surface area (Å²) in [5, 5.41) is 7.56.